The normalized spacial score (nSPS) is 10.4. The third-order valence-corrected chi connectivity index (χ3v) is 2.45. The van der Waals surface area contributed by atoms with Crippen molar-refractivity contribution in [3.8, 4) is 0 Å². The van der Waals surface area contributed by atoms with Crippen molar-refractivity contribution >= 4 is 16.1 Å². The zero-order chi connectivity index (χ0) is 12.0. The predicted molar refractivity (Wildman–Crippen MR) is 55.7 cm³/mol. The molecule has 0 atom stereocenters. The summed E-state index contributed by atoms with van der Waals surface area (Å²) in [5, 5.41) is 0. The molecule has 0 aliphatic heterocycles. The maximum absolute atomic E-state index is 11.2. The van der Waals surface area contributed by atoms with Gasteiger partial charge < -0.3 is 9.29 Å². The van der Waals surface area contributed by atoms with E-state index in [0.29, 0.717) is 0 Å². The Labute approximate surface area is 122 Å². The Hall–Kier alpha value is -0.400. The number of rotatable bonds is 5. The van der Waals surface area contributed by atoms with Crippen molar-refractivity contribution in [3.63, 3.8) is 0 Å². The first-order valence-electron chi connectivity index (χ1n) is 4.60. The molecule has 0 fully saturated rings. The summed E-state index contributed by atoms with van der Waals surface area (Å²) in [5.41, 5.74) is 0.775. The molecule has 17 heavy (non-hydrogen) atoms. The van der Waals surface area contributed by atoms with Gasteiger partial charge in [-0.2, -0.15) is 0 Å². The monoisotopic (exact) mass is 266 g/mol. The summed E-state index contributed by atoms with van der Waals surface area (Å²) in [5.74, 6) is -1.23. The molecular weight excluding hydrogens is 255 g/mol. The minimum Gasteiger partial charge on any atom is -0.748 e. The molecule has 88 valence electrons. The van der Waals surface area contributed by atoms with Crippen LogP contribution >= 0.6 is 0 Å². The fourth-order valence-electron chi connectivity index (χ4n) is 1.07. The van der Waals surface area contributed by atoms with Crippen LogP contribution in [0.2, 0.25) is 0 Å². The Morgan fingerprint density at radius 2 is 1.82 bits per heavy atom. The Kier molecular flexibility index (Phi) is 7.65. The maximum Gasteiger partial charge on any atom is 1.00 e. The number of esters is 1. The van der Waals surface area contributed by atoms with Gasteiger partial charge in [0, 0.05) is 0 Å². The Bertz CT molecular complexity index is 443. The second-order valence-corrected chi connectivity index (χ2v) is 4.67. The van der Waals surface area contributed by atoms with Crippen LogP contribution in [0.25, 0.3) is 0 Å². The maximum atomic E-state index is 11.2. The molecule has 1 aromatic carbocycles. The van der Waals surface area contributed by atoms with Crippen LogP contribution < -0.4 is 29.6 Å². The van der Waals surface area contributed by atoms with Crippen molar-refractivity contribution in [2.24, 2.45) is 0 Å². The molecule has 0 aliphatic rings. The molecule has 0 spiro atoms. The average Bonchev–Trinajstić information content (AvgIpc) is 2.17. The van der Waals surface area contributed by atoms with Gasteiger partial charge in [0.2, 0.25) is 0 Å². The topological polar surface area (TPSA) is 83.5 Å². The Balaban J connectivity index is 0.00000256. The standard InChI is InChI=1S/C10H12O5S.Na/c11-10(15-6-7-16(12,13)14)8-9-4-2-1-3-5-9;/h1-5H,6-8H2,(H,12,13,14);/q;+1/p-1. The molecular formula is C10H11NaO5S. The molecule has 0 radical (unpaired) electrons. The van der Waals surface area contributed by atoms with Gasteiger partial charge in [0.1, 0.15) is 6.61 Å². The second kappa shape index (κ2) is 7.84. The van der Waals surface area contributed by atoms with Crippen molar-refractivity contribution in [1.29, 1.82) is 0 Å². The quantitative estimate of drug-likeness (QED) is 0.329. The molecule has 7 heteroatoms. The van der Waals surface area contributed by atoms with Crippen LogP contribution in [0.1, 0.15) is 5.56 Å². The molecule has 0 saturated carbocycles. The van der Waals surface area contributed by atoms with E-state index in [2.05, 4.69) is 4.74 Å². The third-order valence-electron chi connectivity index (χ3n) is 1.79. The van der Waals surface area contributed by atoms with E-state index in [1.807, 2.05) is 6.07 Å². The molecule has 0 unspecified atom stereocenters. The van der Waals surface area contributed by atoms with E-state index in [1.165, 1.54) is 0 Å². The zero-order valence-electron chi connectivity index (χ0n) is 9.46. The predicted octanol–water partition coefficient (Wildman–Crippen LogP) is -2.68. The molecule has 1 rings (SSSR count). The number of ether oxygens (including phenoxy) is 1. The van der Waals surface area contributed by atoms with Crippen LogP contribution in [0.4, 0.5) is 0 Å². The van der Waals surface area contributed by atoms with E-state index in [-0.39, 0.29) is 36.0 Å². The zero-order valence-corrected chi connectivity index (χ0v) is 12.3. The largest absolute Gasteiger partial charge is 1.00 e. The third kappa shape index (κ3) is 8.34. The van der Waals surface area contributed by atoms with Gasteiger partial charge in [-0.05, 0) is 5.56 Å². The number of benzene rings is 1. The molecule has 0 amide bonds. The molecule has 0 aromatic heterocycles. The summed E-state index contributed by atoms with van der Waals surface area (Å²) in [6.07, 6.45) is 0.0692. The minimum absolute atomic E-state index is 0. The SMILES string of the molecule is O=C(Cc1ccccc1)OCCS(=O)(=O)[O-].[Na+]. The number of hydrogen-bond donors (Lipinski definition) is 0. The molecule has 0 saturated heterocycles. The first kappa shape index (κ1) is 16.6. The van der Waals surface area contributed by atoms with Gasteiger partial charge in [-0.1, -0.05) is 30.3 Å². The van der Waals surface area contributed by atoms with Crippen LogP contribution in [0.15, 0.2) is 30.3 Å². The summed E-state index contributed by atoms with van der Waals surface area (Å²) in [7, 11) is -4.32. The fourth-order valence-corrected chi connectivity index (χ4v) is 1.36. The number of carbonyl (C=O) groups is 1. The van der Waals surface area contributed by atoms with Gasteiger partial charge in [-0.15, -0.1) is 0 Å². The smallest absolute Gasteiger partial charge is 0.748 e. The van der Waals surface area contributed by atoms with E-state index >= 15 is 0 Å². The Morgan fingerprint density at radius 3 is 2.35 bits per heavy atom. The summed E-state index contributed by atoms with van der Waals surface area (Å²) in [4.78, 5) is 11.2. The molecule has 1 aromatic rings. The Morgan fingerprint density at radius 1 is 1.24 bits per heavy atom. The van der Waals surface area contributed by atoms with E-state index in [4.69, 9.17) is 0 Å². The van der Waals surface area contributed by atoms with Crippen molar-refractivity contribution in [2.75, 3.05) is 12.4 Å². The first-order chi connectivity index (χ1) is 7.47. The average molecular weight is 266 g/mol. The first-order valence-corrected chi connectivity index (χ1v) is 6.18. The summed E-state index contributed by atoms with van der Waals surface area (Å²) in [6, 6.07) is 8.89. The van der Waals surface area contributed by atoms with Gasteiger partial charge >= 0.3 is 35.5 Å². The summed E-state index contributed by atoms with van der Waals surface area (Å²) in [6.45, 7) is -0.391. The van der Waals surface area contributed by atoms with E-state index in [9.17, 15) is 17.8 Å². The van der Waals surface area contributed by atoms with Crippen LogP contribution in [0, 0.1) is 0 Å². The van der Waals surface area contributed by atoms with Gasteiger partial charge in [0.25, 0.3) is 0 Å². The van der Waals surface area contributed by atoms with Crippen molar-refractivity contribution in [3.05, 3.63) is 35.9 Å². The number of carbonyl (C=O) groups excluding carboxylic acids is 1. The second-order valence-electron chi connectivity index (χ2n) is 3.14. The van der Waals surface area contributed by atoms with Crippen LogP contribution in [-0.4, -0.2) is 31.3 Å². The fraction of sp³-hybridized carbons (Fsp3) is 0.300. The van der Waals surface area contributed by atoms with E-state index in [1.54, 1.807) is 24.3 Å². The van der Waals surface area contributed by atoms with E-state index < -0.39 is 28.4 Å². The van der Waals surface area contributed by atoms with Gasteiger partial charge in [-0.25, -0.2) is 8.42 Å². The van der Waals surface area contributed by atoms with Gasteiger partial charge in [-0.3, -0.25) is 4.79 Å². The van der Waals surface area contributed by atoms with Gasteiger partial charge in [0.15, 0.2) is 0 Å². The minimum atomic E-state index is -4.32. The summed E-state index contributed by atoms with van der Waals surface area (Å²) < 4.78 is 35.3. The molecule has 0 aliphatic carbocycles. The molecule has 0 N–H and O–H groups in total. The van der Waals surface area contributed by atoms with Crippen molar-refractivity contribution in [1.82, 2.24) is 0 Å². The van der Waals surface area contributed by atoms with Crippen LogP contribution in [0.5, 0.6) is 0 Å². The van der Waals surface area contributed by atoms with Crippen LogP contribution in [-0.2, 0) is 26.1 Å². The van der Waals surface area contributed by atoms with Gasteiger partial charge in [0.05, 0.1) is 22.3 Å². The van der Waals surface area contributed by atoms with Crippen molar-refractivity contribution in [2.45, 2.75) is 6.42 Å². The molecule has 0 heterocycles. The van der Waals surface area contributed by atoms with Crippen LogP contribution in [0.3, 0.4) is 0 Å². The molecule has 5 nitrogen and oxygen atoms in total. The molecule has 0 bridgehead atoms. The van der Waals surface area contributed by atoms with Crippen molar-refractivity contribution < 1.29 is 52.1 Å². The summed E-state index contributed by atoms with van der Waals surface area (Å²) >= 11 is 0. The number of hydrogen-bond acceptors (Lipinski definition) is 5. The van der Waals surface area contributed by atoms with E-state index in [0.717, 1.165) is 5.56 Å².